The molecule has 0 fully saturated rings. The summed E-state index contributed by atoms with van der Waals surface area (Å²) in [4.78, 5) is 27.4. The van der Waals surface area contributed by atoms with Crippen LogP contribution in [-0.4, -0.2) is 34.0 Å². The Balaban J connectivity index is 2.11. The third kappa shape index (κ3) is 7.48. The largest absolute Gasteiger partial charge is 0.350 e. The van der Waals surface area contributed by atoms with Crippen LogP contribution in [0.5, 0.6) is 0 Å². The maximum atomic E-state index is 13.8. The second kappa shape index (κ2) is 10.6. The van der Waals surface area contributed by atoms with Crippen molar-refractivity contribution in [1.29, 1.82) is 0 Å². The molecule has 0 saturated heterocycles. The number of thioether (sulfide) groups is 1. The van der Waals surface area contributed by atoms with Gasteiger partial charge in [-0.05, 0) is 51.8 Å². The average molecular weight is 431 g/mol. The lowest BCUT2D eigenvalue weighted by Crippen LogP contribution is -2.52. The minimum Gasteiger partial charge on any atom is -0.350 e. The van der Waals surface area contributed by atoms with Crippen LogP contribution < -0.4 is 5.32 Å². The third-order valence-electron chi connectivity index (χ3n) is 4.54. The van der Waals surface area contributed by atoms with Crippen molar-refractivity contribution >= 4 is 23.6 Å². The maximum Gasteiger partial charge on any atom is 0.242 e. The van der Waals surface area contributed by atoms with E-state index in [1.807, 2.05) is 52.0 Å². The van der Waals surface area contributed by atoms with E-state index in [1.165, 1.54) is 17.8 Å². The molecular formula is C24H31FN2O2S. The summed E-state index contributed by atoms with van der Waals surface area (Å²) in [6.07, 6.45) is 0. The van der Waals surface area contributed by atoms with Crippen LogP contribution in [-0.2, 0) is 21.9 Å². The van der Waals surface area contributed by atoms with E-state index in [1.54, 1.807) is 30.0 Å². The molecule has 0 aromatic heterocycles. The van der Waals surface area contributed by atoms with E-state index in [9.17, 15) is 14.0 Å². The lowest BCUT2D eigenvalue weighted by molar-refractivity contribution is -0.139. The first-order valence-corrected chi connectivity index (χ1v) is 11.2. The summed E-state index contributed by atoms with van der Waals surface area (Å²) in [6.45, 7) is 9.82. The molecule has 0 bridgehead atoms. The summed E-state index contributed by atoms with van der Waals surface area (Å²) in [5.41, 5.74) is 2.25. The molecule has 6 heteroatoms. The zero-order valence-electron chi connectivity index (χ0n) is 18.4. The quantitative estimate of drug-likeness (QED) is 0.660. The Kier molecular flexibility index (Phi) is 8.47. The number of hydrogen-bond acceptors (Lipinski definition) is 3. The highest BCUT2D eigenvalue weighted by molar-refractivity contribution is 7.99. The summed E-state index contributed by atoms with van der Waals surface area (Å²) < 4.78 is 13.8. The van der Waals surface area contributed by atoms with Crippen LogP contribution in [0.2, 0.25) is 0 Å². The van der Waals surface area contributed by atoms with Crippen molar-refractivity contribution < 1.29 is 14.0 Å². The molecule has 2 aromatic carbocycles. The predicted molar refractivity (Wildman–Crippen MR) is 122 cm³/mol. The van der Waals surface area contributed by atoms with Crippen LogP contribution in [0.4, 0.5) is 4.39 Å². The molecule has 2 rings (SSSR count). The van der Waals surface area contributed by atoms with Gasteiger partial charge in [-0.1, -0.05) is 48.0 Å². The molecule has 1 N–H and O–H groups in total. The first-order chi connectivity index (χ1) is 14.1. The van der Waals surface area contributed by atoms with Crippen LogP contribution in [0.3, 0.4) is 0 Å². The van der Waals surface area contributed by atoms with Gasteiger partial charge >= 0.3 is 0 Å². The Labute approximate surface area is 183 Å². The van der Waals surface area contributed by atoms with E-state index in [4.69, 9.17) is 0 Å². The van der Waals surface area contributed by atoms with Gasteiger partial charge < -0.3 is 10.2 Å². The normalized spacial score (nSPS) is 12.3. The molecule has 0 spiro atoms. The standard InChI is InChI=1S/C24H31FN2O2S/c1-17-9-8-10-19(13-17)14-27(18(2)23(29)26-24(3,4)5)22(28)16-30-15-20-11-6-7-12-21(20)25/h6-13,18H,14-16H2,1-5H3,(H,26,29)/t18-/m0/s1. The highest BCUT2D eigenvalue weighted by Crippen LogP contribution is 2.18. The fraction of sp³-hybridized carbons (Fsp3) is 0.417. The SMILES string of the molecule is Cc1cccc(CN(C(=O)CSCc2ccccc2F)[C@@H](C)C(=O)NC(C)(C)C)c1. The van der Waals surface area contributed by atoms with E-state index in [-0.39, 0.29) is 28.9 Å². The first-order valence-electron chi connectivity index (χ1n) is 10.0. The van der Waals surface area contributed by atoms with Crippen molar-refractivity contribution in [3.05, 3.63) is 71.0 Å². The maximum absolute atomic E-state index is 13.8. The minimum atomic E-state index is -0.619. The Morgan fingerprint density at radius 1 is 1.13 bits per heavy atom. The van der Waals surface area contributed by atoms with E-state index >= 15 is 0 Å². The lowest BCUT2D eigenvalue weighted by Gasteiger charge is -2.31. The van der Waals surface area contributed by atoms with Crippen LogP contribution in [0, 0.1) is 12.7 Å². The summed E-state index contributed by atoms with van der Waals surface area (Å²) in [5, 5.41) is 2.95. The topological polar surface area (TPSA) is 49.4 Å². The van der Waals surface area contributed by atoms with Crippen molar-refractivity contribution in [2.45, 2.75) is 58.5 Å². The summed E-state index contributed by atoms with van der Waals surface area (Å²) in [5.74, 6) is -0.0315. The molecule has 0 heterocycles. The number of rotatable bonds is 8. The molecule has 0 aliphatic carbocycles. The van der Waals surface area contributed by atoms with Crippen LogP contribution in [0.15, 0.2) is 48.5 Å². The summed E-state index contributed by atoms with van der Waals surface area (Å²) in [7, 11) is 0. The molecule has 0 radical (unpaired) electrons. The van der Waals surface area contributed by atoms with Crippen LogP contribution in [0.25, 0.3) is 0 Å². The van der Waals surface area contributed by atoms with Gasteiger partial charge in [0.05, 0.1) is 5.75 Å². The second-order valence-corrected chi connectivity index (χ2v) is 9.50. The van der Waals surface area contributed by atoms with Gasteiger partial charge in [0.1, 0.15) is 11.9 Å². The molecule has 0 unspecified atom stereocenters. The van der Waals surface area contributed by atoms with Crippen LogP contribution in [0.1, 0.15) is 44.4 Å². The number of aryl methyl sites for hydroxylation is 1. The number of carbonyl (C=O) groups is 2. The molecule has 0 aliphatic heterocycles. The average Bonchev–Trinajstić information content (AvgIpc) is 2.65. The fourth-order valence-electron chi connectivity index (χ4n) is 3.01. The van der Waals surface area contributed by atoms with Gasteiger partial charge in [-0.2, -0.15) is 0 Å². The lowest BCUT2D eigenvalue weighted by atomic mass is 10.1. The second-order valence-electron chi connectivity index (χ2n) is 8.51. The van der Waals surface area contributed by atoms with Crippen molar-refractivity contribution in [3.63, 3.8) is 0 Å². The Morgan fingerprint density at radius 2 is 1.83 bits per heavy atom. The highest BCUT2D eigenvalue weighted by Gasteiger charge is 2.28. The zero-order valence-corrected chi connectivity index (χ0v) is 19.2. The molecule has 4 nitrogen and oxygen atoms in total. The molecule has 0 aliphatic rings. The zero-order chi connectivity index (χ0) is 22.3. The Bertz CT molecular complexity index is 880. The van der Waals surface area contributed by atoms with Gasteiger partial charge in [0.15, 0.2) is 0 Å². The number of nitrogens with zero attached hydrogens (tertiary/aromatic N) is 1. The molecule has 2 amide bonds. The number of benzene rings is 2. The fourth-order valence-corrected chi connectivity index (χ4v) is 3.91. The van der Waals surface area contributed by atoms with Crippen molar-refractivity contribution in [3.8, 4) is 0 Å². The summed E-state index contributed by atoms with van der Waals surface area (Å²) in [6, 6.07) is 13.9. The summed E-state index contributed by atoms with van der Waals surface area (Å²) >= 11 is 1.35. The molecule has 0 saturated carbocycles. The molecule has 1 atom stereocenters. The van der Waals surface area contributed by atoms with Gasteiger partial charge in [0.25, 0.3) is 0 Å². The number of halogens is 1. The van der Waals surface area contributed by atoms with E-state index in [2.05, 4.69) is 5.32 Å². The third-order valence-corrected chi connectivity index (χ3v) is 5.51. The number of nitrogens with one attached hydrogen (secondary N) is 1. The van der Waals surface area contributed by atoms with E-state index < -0.39 is 6.04 Å². The van der Waals surface area contributed by atoms with Gasteiger partial charge in [-0.15, -0.1) is 11.8 Å². The Hall–Kier alpha value is -2.34. The van der Waals surface area contributed by atoms with Gasteiger partial charge in [-0.25, -0.2) is 4.39 Å². The molecule has 2 aromatic rings. The van der Waals surface area contributed by atoms with Gasteiger partial charge in [0, 0.05) is 17.8 Å². The number of hydrogen-bond donors (Lipinski definition) is 1. The molecular weight excluding hydrogens is 399 g/mol. The van der Waals surface area contributed by atoms with Crippen molar-refractivity contribution in [1.82, 2.24) is 10.2 Å². The van der Waals surface area contributed by atoms with Gasteiger partial charge in [-0.3, -0.25) is 9.59 Å². The van der Waals surface area contributed by atoms with Gasteiger partial charge in [0.2, 0.25) is 11.8 Å². The van der Waals surface area contributed by atoms with E-state index in [0.717, 1.165) is 11.1 Å². The first kappa shape index (κ1) is 23.9. The minimum absolute atomic E-state index is 0.144. The number of amides is 2. The smallest absolute Gasteiger partial charge is 0.242 e. The predicted octanol–water partition coefficient (Wildman–Crippen LogP) is 4.70. The number of carbonyl (C=O) groups excluding carboxylic acids is 2. The Morgan fingerprint density at radius 3 is 2.47 bits per heavy atom. The highest BCUT2D eigenvalue weighted by atomic mass is 32.2. The van der Waals surface area contributed by atoms with Crippen molar-refractivity contribution in [2.75, 3.05) is 5.75 Å². The molecule has 162 valence electrons. The molecule has 30 heavy (non-hydrogen) atoms. The van der Waals surface area contributed by atoms with E-state index in [0.29, 0.717) is 17.9 Å². The monoisotopic (exact) mass is 430 g/mol. The van der Waals surface area contributed by atoms with Crippen molar-refractivity contribution in [2.24, 2.45) is 0 Å². The van der Waals surface area contributed by atoms with Crippen LogP contribution >= 0.6 is 11.8 Å².